The fourth-order valence-electron chi connectivity index (χ4n) is 3.65. The molecule has 3 N–H and O–H groups in total. The zero-order valence-electron chi connectivity index (χ0n) is 15.1. The lowest BCUT2D eigenvalue weighted by atomic mass is 9.73. The summed E-state index contributed by atoms with van der Waals surface area (Å²) in [6, 6.07) is 0. The predicted octanol–water partition coefficient (Wildman–Crippen LogP) is 3.61. The van der Waals surface area contributed by atoms with E-state index in [1.807, 2.05) is 13.0 Å². The van der Waals surface area contributed by atoms with E-state index in [4.69, 9.17) is 0 Å². The lowest BCUT2D eigenvalue weighted by Gasteiger charge is -2.35. The molecule has 3 heteroatoms. The lowest BCUT2D eigenvalue weighted by molar-refractivity contribution is 0.0250. The number of hydrogen-bond donors (Lipinski definition) is 3. The van der Waals surface area contributed by atoms with Gasteiger partial charge in [-0.05, 0) is 63.9 Å². The summed E-state index contributed by atoms with van der Waals surface area (Å²) in [4.78, 5) is 0. The van der Waals surface area contributed by atoms with Crippen LogP contribution in [0.1, 0.15) is 53.4 Å². The normalized spacial score (nSPS) is 31.7. The quantitative estimate of drug-likeness (QED) is 0.655. The molecule has 0 heterocycles. The monoisotopic (exact) mass is 322 g/mol. The minimum Gasteiger partial charge on any atom is -0.396 e. The Morgan fingerprint density at radius 3 is 2.57 bits per heavy atom. The van der Waals surface area contributed by atoms with Gasteiger partial charge in [0.25, 0.3) is 0 Å². The van der Waals surface area contributed by atoms with Crippen molar-refractivity contribution in [3.63, 3.8) is 0 Å². The summed E-state index contributed by atoms with van der Waals surface area (Å²) in [5.74, 6) is 0.0695. The van der Waals surface area contributed by atoms with E-state index in [2.05, 4.69) is 32.9 Å². The lowest BCUT2D eigenvalue weighted by Crippen LogP contribution is -2.37. The molecule has 0 fully saturated rings. The molecule has 0 saturated carbocycles. The summed E-state index contributed by atoms with van der Waals surface area (Å²) in [6.45, 7) is 8.30. The van der Waals surface area contributed by atoms with Crippen LogP contribution in [0.2, 0.25) is 0 Å². The number of allylic oxidation sites excluding steroid dienone is 4. The van der Waals surface area contributed by atoms with Crippen LogP contribution in [0.4, 0.5) is 0 Å². The van der Waals surface area contributed by atoms with Crippen molar-refractivity contribution < 1.29 is 15.3 Å². The van der Waals surface area contributed by atoms with Crippen LogP contribution in [0.15, 0.2) is 34.9 Å². The summed E-state index contributed by atoms with van der Waals surface area (Å²) in [7, 11) is 0. The number of aliphatic hydroxyl groups excluding tert-OH is 3. The fraction of sp³-hybridized carbons (Fsp3) is 0.700. The maximum Gasteiger partial charge on any atom is 0.0645 e. The van der Waals surface area contributed by atoms with Crippen molar-refractivity contribution in [2.45, 2.75) is 59.5 Å². The van der Waals surface area contributed by atoms with Gasteiger partial charge in [0.15, 0.2) is 0 Å². The van der Waals surface area contributed by atoms with Gasteiger partial charge in [-0.25, -0.2) is 0 Å². The SMILES string of the molecule is CC(C)=CCC[C@@H](C)[C@@H]1[C@H](O)C/C(C)=C/C/C=C(/CO)[C@H]1CO. The molecule has 0 spiro atoms. The first-order valence-electron chi connectivity index (χ1n) is 8.78. The molecule has 3 nitrogen and oxygen atoms in total. The highest BCUT2D eigenvalue weighted by molar-refractivity contribution is 5.16. The van der Waals surface area contributed by atoms with Gasteiger partial charge < -0.3 is 15.3 Å². The maximum absolute atomic E-state index is 10.8. The van der Waals surface area contributed by atoms with Crippen LogP contribution in [0.25, 0.3) is 0 Å². The van der Waals surface area contributed by atoms with E-state index in [1.54, 1.807) is 0 Å². The van der Waals surface area contributed by atoms with Crippen LogP contribution >= 0.6 is 0 Å². The zero-order chi connectivity index (χ0) is 17.4. The van der Waals surface area contributed by atoms with Gasteiger partial charge in [0.05, 0.1) is 19.3 Å². The van der Waals surface area contributed by atoms with Crippen molar-refractivity contribution in [1.82, 2.24) is 0 Å². The van der Waals surface area contributed by atoms with Crippen LogP contribution in [-0.2, 0) is 0 Å². The molecule has 0 aromatic heterocycles. The molecule has 0 bridgehead atoms. The Labute approximate surface area is 141 Å². The van der Waals surface area contributed by atoms with Gasteiger partial charge in [-0.2, -0.15) is 0 Å². The third-order valence-electron chi connectivity index (χ3n) is 4.97. The minimum absolute atomic E-state index is 0.0276. The average Bonchev–Trinajstić information content (AvgIpc) is 2.53. The summed E-state index contributed by atoms with van der Waals surface area (Å²) in [6.07, 6.45) is 9.20. The van der Waals surface area contributed by atoms with Gasteiger partial charge in [-0.15, -0.1) is 0 Å². The van der Waals surface area contributed by atoms with Crippen molar-refractivity contribution in [3.8, 4) is 0 Å². The first kappa shape index (κ1) is 20.1. The number of rotatable bonds is 6. The molecule has 4 atom stereocenters. The second-order valence-electron chi connectivity index (χ2n) is 7.20. The Morgan fingerprint density at radius 2 is 2.00 bits per heavy atom. The third-order valence-corrected chi connectivity index (χ3v) is 4.97. The molecular formula is C20H34O3. The maximum atomic E-state index is 10.8. The zero-order valence-corrected chi connectivity index (χ0v) is 15.1. The van der Waals surface area contributed by atoms with E-state index in [9.17, 15) is 15.3 Å². The van der Waals surface area contributed by atoms with Crippen molar-refractivity contribution in [3.05, 3.63) is 34.9 Å². The minimum atomic E-state index is -0.488. The van der Waals surface area contributed by atoms with Gasteiger partial charge in [0, 0.05) is 5.92 Å². The van der Waals surface area contributed by atoms with E-state index in [0.717, 1.165) is 24.8 Å². The van der Waals surface area contributed by atoms with Crippen molar-refractivity contribution in [1.29, 1.82) is 0 Å². The fourth-order valence-corrected chi connectivity index (χ4v) is 3.65. The Kier molecular flexibility index (Phi) is 8.82. The summed E-state index contributed by atoms with van der Waals surface area (Å²) in [5, 5.41) is 30.4. The first-order chi connectivity index (χ1) is 10.9. The van der Waals surface area contributed by atoms with Crippen molar-refractivity contribution in [2.75, 3.05) is 13.2 Å². The molecule has 0 saturated heterocycles. The molecule has 0 radical (unpaired) electrons. The molecule has 1 aliphatic rings. The Balaban J connectivity index is 3.03. The highest BCUT2D eigenvalue weighted by Gasteiger charge is 2.34. The molecule has 0 aliphatic heterocycles. The van der Waals surface area contributed by atoms with Gasteiger partial charge >= 0.3 is 0 Å². The van der Waals surface area contributed by atoms with Crippen molar-refractivity contribution in [2.24, 2.45) is 17.8 Å². The Bertz CT molecular complexity index is 444. The average molecular weight is 322 g/mol. The van der Waals surface area contributed by atoms with E-state index >= 15 is 0 Å². The Morgan fingerprint density at radius 1 is 1.30 bits per heavy atom. The third kappa shape index (κ3) is 6.25. The topological polar surface area (TPSA) is 60.7 Å². The Hall–Kier alpha value is -0.900. The van der Waals surface area contributed by atoms with E-state index in [-0.39, 0.29) is 31.0 Å². The van der Waals surface area contributed by atoms with Crippen molar-refractivity contribution >= 4 is 0 Å². The van der Waals surface area contributed by atoms with Crippen LogP contribution < -0.4 is 0 Å². The number of aliphatic hydroxyl groups is 3. The molecular weight excluding hydrogens is 288 g/mol. The van der Waals surface area contributed by atoms with Gasteiger partial charge in [0.2, 0.25) is 0 Å². The molecule has 1 aliphatic carbocycles. The summed E-state index contributed by atoms with van der Waals surface area (Å²) >= 11 is 0. The molecule has 0 unspecified atom stereocenters. The highest BCUT2D eigenvalue weighted by Crippen LogP contribution is 2.36. The first-order valence-corrected chi connectivity index (χ1v) is 8.78. The van der Waals surface area contributed by atoms with Crippen LogP contribution in [0.5, 0.6) is 0 Å². The van der Waals surface area contributed by atoms with E-state index < -0.39 is 6.10 Å². The highest BCUT2D eigenvalue weighted by atomic mass is 16.3. The molecule has 132 valence electrons. The number of hydrogen-bond acceptors (Lipinski definition) is 3. The van der Waals surface area contributed by atoms with Crippen LogP contribution in [0, 0.1) is 17.8 Å². The molecule has 23 heavy (non-hydrogen) atoms. The molecule has 0 aromatic rings. The summed E-state index contributed by atoms with van der Waals surface area (Å²) < 4.78 is 0. The van der Waals surface area contributed by atoms with E-state index in [0.29, 0.717) is 6.42 Å². The summed E-state index contributed by atoms with van der Waals surface area (Å²) in [5.41, 5.74) is 3.34. The van der Waals surface area contributed by atoms with Gasteiger partial charge in [-0.1, -0.05) is 36.3 Å². The molecule has 1 rings (SSSR count). The largest absolute Gasteiger partial charge is 0.396 e. The van der Waals surface area contributed by atoms with Gasteiger partial charge in [0.1, 0.15) is 0 Å². The standard InChI is InChI=1S/C20H34O3/c1-14(2)7-5-9-16(4)20-18(13-22)17(12-21)10-6-8-15(3)11-19(20)23/h7-8,10,16,18-23H,5-6,9,11-13H2,1-4H3/b15-8+,17-10-/t16-,18-,19-,20+/m1/s1. The van der Waals surface area contributed by atoms with Crippen LogP contribution in [0.3, 0.4) is 0 Å². The van der Waals surface area contributed by atoms with E-state index in [1.165, 1.54) is 11.1 Å². The second kappa shape index (κ2) is 10.1. The smallest absolute Gasteiger partial charge is 0.0645 e. The van der Waals surface area contributed by atoms with Gasteiger partial charge in [-0.3, -0.25) is 0 Å². The van der Waals surface area contributed by atoms with Crippen LogP contribution in [-0.4, -0.2) is 34.6 Å². The predicted molar refractivity (Wildman–Crippen MR) is 96.1 cm³/mol. The molecule has 0 amide bonds. The molecule has 0 aromatic carbocycles. The second-order valence-corrected chi connectivity index (χ2v) is 7.20.